The van der Waals surface area contributed by atoms with Crippen LogP contribution in [0.3, 0.4) is 0 Å². The number of hydrogen-bond donors (Lipinski definition) is 0. The smallest absolute Gasteiger partial charge is 0.193 e. The number of para-hydroxylation sites is 1. The largest absolute Gasteiger partial charge is 0.493 e. The summed E-state index contributed by atoms with van der Waals surface area (Å²) in [7, 11) is 0. The highest BCUT2D eigenvalue weighted by atomic mass is 79.9. The van der Waals surface area contributed by atoms with Gasteiger partial charge in [-0.05, 0) is 36.4 Å². The lowest BCUT2D eigenvalue weighted by molar-refractivity contribution is 0.345. The van der Waals surface area contributed by atoms with Crippen LogP contribution < -0.4 is 10.2 Å². The molecule has 3 rings (SSSR count). The van der Waals surface area contributed by atoms with Gasteiger partial charge >= 0.3 is 0 Å². The van der Waals surface area contributed by atoms with Gasteiger partial charge in [0.05, 0.1) is 18.4 Å². The minimum Gasteiger partial charge on any atom is -0.493 e. The van der Waals surface area contributed by atoms with Crippen molar-refractivity contribution in [1.29, 1.82) is 0 Å². The topological polar surface area (TPSA) is 39.4 Å². The normalized spacial score (nSPS) is 11.5. The van der Waals surface area contributed by atoms with Crippen LogP contribution in [-0.4, -0.2) is 11.9 Å². The van der Waals surface area contributed by atoms with Crippen molar-refractivity contribution in [3.05, 3.63) is 63.8 Å². The Labute approximate surface area is 142 Å². The molecule has 112 valence electrons. The van der Waals surface area contributed by atoms with Crippen LogP contribution in [0.15, 0.2) is 57.7 Å². The zero-order valence-electron chi connectivity index (χ0n) is 12.4. The van der Waals surface area contributed by atoms with Gasteiger partial charge < -0.3 is 9.15 Å². The molecular weight excluding hydrogens is 368 g/mol. The highest BCUT2D eigenvalue weighted by Crippen LogP contribution is 2.27. The minimum absolute atomic E-state index is 0.192. The summed E-state index contributed by atoms with van der Waals surface area (Å²) >= 11 is 9.39. The van der Waals surface area contributed by atoms with Gasteiger partial charge in [0.25, 0.3) is 0 Å². The summed E-state index contributed by atoms with van der Waals surface area (Å²) in [5, 5.41) is 1.50. The Morgan fingerprint density at radius 1 is 1.27 bits per heavy atom. The molecule has 0 saturated heterocycles. The molecule has 0 N–H and O–H groups in total. The van der Waals surface area contributed by atoms with E-state index in [0.717, 1.165) is 0 Å². The molecule has 0 unspecified atom stereocenters. The van der Waals surface area contributed by atoms with Crippen molar-refractivity contribution in [3.63, 3.8) is 0 Å². The molecule has 5 heteroatoms. The highest BCUT2D eigenvalue weighted by molar-refractivity contribution is 9.09. The standard InChI is InChI=1S/C17H12BrClO3/c18-8-9-21-12-6-4-11(5-7-12)16-10-15(20)13-2-1-3-14(19)17(13)22-16/h1-7,10H,8-9H2/i4D. The molecule has 1 heterocycles. The average Bonchev–Trinajstić information content (AvgIpc) is 2.54. The number of halogens is 2. The number of ether oxygens (including phenoxy) is 1. The Bertz CT molecular complexity index is 923. The number of benzene rings is 2. The van der Waals surface area contributed by atoms with Crippen molar-refractivity contribution in [3.8, 4) is 17.1 Å². The van der Waals surface area contributed by atoms with E-state index < -0.39 is 0 Å². The second kappa shape index (κ2) is 6.55. The van der Waals surface area contributed by atoms with Gasteiger partial charge in [-0.15, -0.1) is 0 Å². The first-order chi connectivity index (χ1) is 11.1. The van der Waals surface area contributed by atoms with E-state index in [4.69, 9.17) is 22.1 Å². The summed E-state index contributed by atoms with van der Waals surface area (Å²) < 4.78 is 19.4. The summed E-state index contributed by atoms with van der Waals surface area (Å²) in [6.45, 7) is 0.513. The van der Waals surface area contributed by atoms with Crippen molar-refractivity contribution < 1.29 is 10.5 Å². The summed E-state index contributed by atoms with van der Waals surface area (Å²) in [6, 6.07) is 11.7. The van der Waals surface area contributed by atoms with Crippen LogP contribution >= 0.6 is 27.5 Å². The SMILES string of the molecule is [2H]c1cc(OCCBr)ccc1-c1cc(=O)c2cccc(Cl)c2o1. The predicted molar refractivity (Wildman–Crippen MR) is 92.2 cm³/mol. The first-order valence-electron chi connectivity index (χ1n) is 7.12. The first kappa shape index (κ1) is 13.9. The molecule has 0 atom stereocenters. The van der Waals surface area contributed by atoms with Crippen molar-refractivity contribution >= 4 is 38.5 Å². The second-order valence-electron chi connectivity index (χ2n) is 4.57. The van der Waals surface area contributed by atoms with Crippen molar-refractivity contribution in [2.24, 2.45) is 0 Å². The Kier molecular flexibility index (Phi) is 4.12. The lowest BCUT2D eigenvalue weighted by Gasteiger charge is -2.06. The molecule has 3 aromatic rings. The van der Waals surface area contributed by atoms with E-state index in [1.807, 2.05) is 0 Å². The molecule has 22 heavy (non-hydrogen) atoms. The number of rotatable bonds is 4. The van der Waals surface area contributed by atoms with Crippen LogP contribution in [0.2, 0.25) is 5.02 Å². The van der Waals surface area contributed by atoms with Gasteiger partial charge in [0.15, 0.2) is 11.0 Å². The monoisotopic (exact) mass is 379 g/mol. The lowest BCUT2D eigenvalue weighted by Crippen LogP contribution is -2.00. The minimum atomic E-state index is -0.192. The third-order valence-corrected chi connectivity index (χ3v) is 3.72. The molecule has 3 nitrogen and oxygen atoms in total. The zero-order chi connectivity index (χ0) is 16.4. The predicted octanol–water partition coefficient (Wildman–Crippen LogP) is 4.89. The Morgan fingerprint density at radius 3 is 2.91 bits per heavy atom. The Hall–Kier alpha value is -1.78. The van der Waals surface area contributed by atoms with Gasteiger partial charge in [-0.3, -0.25) is 4.79 Å². The summed E-state index contributed by atoms with van der Waals surface area (Å²) in [5.41, 5.74) is 0.647. The number of fused-ring (bicyclic) bond motifs is 1. The molecule has 0 saturated carbocycles. The Morgan fingerprint density at radius 2 is 2.14 bits per heavy atom. The molecule has 0 aliphatic rings. The van der Waals surface area contributed by atoms with Crippen LogP contribution in [0.4, 0.5) is 0 Å². The number of hydrogen-bond acceptors (Lipinski definition) is 3. The van der Waals surface area contributed by atoms with Gasteiger partial charge in [-0.2, -0.15) is 0 Å². The van der Waals surface area contributed by atoms with E-state index in [-0.39, 0.29) is 11.5 Å². The van der Waals surface area contributed by atoms with Crippen LogP contribution in [0.25, 0.3) is 22.3 Å². The van der Waals surface area contributed by atoms with E-state index >= 15 is 0 Å². The van der Waals surface area contributed by atoms with E-state index in [0.29, 0.717) is 45.0 Å². The maximum Gasteiger partial charge on any atom is 0.193 e. The van der Waals surface area contributed by atoms with Gasteiger partial charge in [-0.1, -0.05) is 33.6 Å². The zero-order valence-corrected chi connectivity index (χ0v) is 13.8. The fourth-order valence-electron chi connectivity index (χ4n) is 2.09. The van der Waals surface area contributed by atoms with E-state index in [9.17, 15) is 4.79 Å². The van der Waals surface area contributed by atoms with Crippen LogP contribution in [-0.2, 0) is 0 Å². The van der Waals surface area contributed by atoms with Crippen LogP contribution in [0, 0.1) is 0 Å². The van der Waals surface area contributed by atoms with Crippen molar-refractivity contribution in [2.45, 2.75) is 0 Å². The molecule has 1 aromatic heterocycles. The van der Waals surface area contributed by atoms with E-state index in [1.165, 1.54) is 6.07 Å². The molecule has 0 aliphatic carbocycles. The molecular formula is C17H12BrClO3. The first-order valence-corrected chi connectivity index (χ1v) is 8.12. The summed E-state index contributed by atoms with van der Waals surface area (Å²) in [6.07, 6.45) is 0. The molecule has 0 amide bonds. The number of alkyl halides is 1. The maximum atomic E-state index is 12.2. The quantitative estimate of drug-likeness (QED) is 0.605. The third-order valence-electron chi connectivity index (χ3n) is 3.10. The summed E-state index contributed by atoms with van der Waals surface area (Å²) in [5.74, 6) is 0.909. The molecule has 0 aliphatic heterocycles. The average molecular weight is 381 g/mol. The molecule has 0 radical (unpaired) electrons. The lowest BCUT2D eigenvalue weighted by atomic mass is 10.1. The third kappa shape index (κ3) is 3.03. The van der Waals surface area contributed by atoms with Crippen molar-refractivity contribution in [1.82, 2.24) is 0 Å². The van der Waals surface area contributed by atoms with Gasteiger partial charge in [0.2, 0.25) is 0 Å². The molecule has 0 spiro atoms. The van der Waals surface area contributed by atoms with Gasteiger partial charge in [-0.25, -0.2) is 0 Å². The summed E-state index contributed by atoms with van der Waals surface area (Å²) in [4.78, 5) is 12.2. The van der Waals surface area contributed by atoms with Gasteiger partial charge in [0.1, 0.15) is 11.5 Å². The van der Waals surface area contributed by atoms with E-state index in [2.05, 4.69) is 15.9 Å². The maximum absolute atomic E-state index is 12.2. The second-order valence-corrected chi connectivity index (χ2v) is 5.77. The van der Waals surface area contributed by atoms with Crippen LogP contribution in [0.1, 0.15) is 1.37 Å². The van der Waals surface area contributed by atoms with Crippen molar-refractivity contribution in [2.75, 3.05) is 11.9 Å². The molecule has 2 aromatic carbocycles. The fourth-order valence-corrected chi connectivity index (χ4v) is 2.46. The van der Waals surface area contributed by atoms with E-state index in [1.54, 1.807) is 36.4 Å². The van der Waals surface area contributed by atoms with Gasteiger partial charge in [0, 0.05) is 17.0 Å². The molecule has 0 fully saturated rings. The fraction of sp³-hybridized carbons (Fsp3) is 0.118. The van der Waals surface area contributed by atoms with Crippen LogP contribution in [0.5, 0.6) is 5.75 Å². The Balaban J connectivity index is 2.10. The highest BCUT2D eigenvalue weighted by Gasteiger charge is 2.09. The molecule has 0 bridgehead atoms.